The Morgan fingerprint density at radius 2 is 1.89 bits per heavy atom. The number of ether oxygens (including phenoxy) is 3. The zero-order valence-corrected chi connectivity index (χ0v) is 16.0. The molecule has 6 nitrogen and oxygen atoms in total. The fourth-order valence-corrected chi connectivity index (χ4v) is 3.47. The average Bonchev–Trinajstić information content (AvgIpc) is 2.68. The molecule has 0 atom stereocenters. The summed E-state index contributed by atoms with van der Waals surface area (Å²) in [5, 5.41) is 3.32. The van der Waals surface area contributed by atoms with Gasteiger partial charge in [-0.3, -0.25) is 9.59 Å². The lowest BCUT2D eigenvalue weighted by Gasteiger charge is -2.19. The maximum Gasteiger partial charge on any atom is 0.316 e. The van der Waals surface area contributed by atoms with Crippen molar-refractivity contribution in [3.05, 3.63) is 53.1 Å². The van der Waals surface area contributed by atoms with Gasteiger partial charge < -0.3 is 19.5 Å². The van der Waals surface area contributed by atoms with E-state index in [1.807, 2.05) is 18.2 Å². The van der Waals surface area contributed by atoms with Crippen molar-refractivity contribution in [3.8, 4) is 11.5 Å². The minimum absolute atomic E-state index is 0.141. The van der Waals surface area contributed by atoms with E-state index in [0.29, 0.717) is 41.2 Å². The first-order chi connectivity index (χ1) is 13.1. The van der Waals surface area contributed by atoms with Crippen LogP contribution in [0.4, 0.5) is 5.69 Å². The molecule has 142 valence electrons. The van der Waals surface area contributed by atoms with Gasteiger partial charge in [-0.1, -0.05) is 29.8 Å². The summed E-state index contributed by atoms with van der Waals surface area (Å²) in [6.45, 7) is 0.622. The summed E-state index contributed by atoms with van der Waals surface area (Å²) in [5.41, 5.74) is 1.50. The number of carbonyl (C=O) groups is 2. The summed E-state index contributed by atoms with van der Waals surface area (Å²) in [4.78, 5) is 23.7. The number of benzene rings is 2. The second-order valence-electron chi connectivity index (χ2n) is 5.65. The van der Waals surface area contributed by atoms with Gasteiger partial charge >= 0.3 is 5.97 Å². The van der Waals surface area contributed by atoms with E-state index < -0.39 is 11.9 Å². The number of nitrogens with one attached hydrogen (secondary N) is 1. The third-order valence-corrected chi connectivity index (χ3v) is 4.95. The molecule has 0 fully saturated rings. The van der Waals surface area contributed by atoms with Crippen LogP contribution in [0.15, 0.2) is 42.5 Å². The molecule has 2 aromatic carbocycles. The molecule has 0 saturated heterocycles. The van der Waals surface area contributed by atoms with Crippen molar-refractivity contribution >= 4 is 40.9 Å². The molecular weight excluding hydrogens is 390 g/mol. The molecule has 1 aliphatic rings. The van der Waals surface area contributed by atoms with Crippen LogP contribution in [-0.2, 0) is 20.1 Å². The first-order valence-electron chi connectivity index (χ1n) is 8.28. The molecule has 1 N–H and O–H groups in total. The third-order valence-electron chi connectivity index (χ3n) is 3.63. The Kier molecular flexibility index (Phi) is 6.84. The number of rotatable bonds is 7. The molecule has 27 heavy (non-hydrogen) atoms. The lowest BCUT2D eigenvalue weighted by atomic mass is 10.2. The predicted molar refractivity (Wildman–Crippen MR) is 105 cm³/mol. The van der Waals surface area contributed by atoms with Gasteiger partial charge in [0.25, 0.3) is 5.91 Å². The van der Waals surface area contributed by atoms with Gasteiger partial charge in [0.2, 0.25) is 0 Å². The number of anilines is 1. The highest BCUT2D eigenvalue weighted by molar-refractivity contribution is 7.99. The Morgan fingerprint density at radius 1 is 1.11 bits per heavy atom. The summed E-state index contributed by atoms with van der Waals surface area (Å²) in [6, 6.07) is 12.6. The third kappa shape index (κ3) is 5.80. The van der Waals surface area contributed by atoms with Crippen LogP contribution < -0.4 is 14.8 Å². The molecule has 0 spiro atoms. The molecule has 2 aromatic rings. The highest BCUT2D eigenvalue weighted by Gasteiger charge is 2.13. The zero-order chi connectivity index (χ0) is 19.1. The molecule has 1 heterocycles. The Bertz CT molecular complexity index is 829. The van der Waals surface area contributed by atoms with Crippen molar-refractivity contribution in [3.63, 3.8) is 0 Å². The lowest BCUT2D eigenvalue weighted by Crippen LogP contribution is -2.22. The molecule has 0 radical (unpaired) electrons. The molecule has 0 unspecified atom stereocenters. The topological polar surface area (TPSA) is 73.9 Å². The van der Waals surface area contributed by atoms with E-state index in [1.54, 1.807) is 24.3 Å². The van der Waals surface area contributed by atoms with Crippen molar-refractivity contribution in [1.82, 2.24) is 0 Å². The highest BCUT2D eigenvalue weighted by Crippen LogP contribution is 2.32. The van der Waals surface area contributed by atoms with E-state index >= 15 is 0 Å². The monoisotopic (exact) mass is 407 g/mol. The van der Waals surface area contributed by atoms with E-state index in [9.17, 15) is 9.59 Å². The summed E-state index contributed by atoms with van der Waals surface area (Å²) in [5.74, 6) is 1.08. The number of amides is 1. The Labute approximate surface area is 166 Å². The molecule has 8 heteroatoms. The molecule has 0 bridgehead atoms. The number of esters is 1. The molecule has 1 amide bonds. The second kappa shape index (κ2) is 9.53. The van der Waals surface area contributed by atoms with Crippen molar-refractivity contribution in [2.24, 2.45) is 0 Å². The standard InChI is InChI=1S/C19H18ClNO5S/c20-15-4-2-1-3-13(15)11-27-12-19(23)26-10-18(22)21-14-5-6-16-17(9-14)25-8-7-24-16/h1-6,9H,7-8,10-12H2,(H,21,22). The number of halogens is 1. The molecule has 0 aromatic heterocycles. The van der Waals surface area contributed by atoms with Crippen LogP contribution >= 0.6 is 23.4 Å². The van der Waals surface area contributed by atoms with Gasteiger partial charge in [-0.25, -0.2) is 0 Å². The molecule has 0 aliphatic carbocycles. The lowest BCUT2D eigenvalue weighted by molar-refractivity contribution is -0.144. The molecule has 3 rings (SSSR count). The fourth-order valence-electron chi connectivity index (χ4n) is 2.37. The number of fused-ring (bicyclic) bond motifs is 1. The van der Waals surface area contributed by atoms with Crippen LogP contribution in [0.2, 0.25) is 5.02 Å². The van der Waals surface area contributed by atoms with E-state index in [2.05, 4.69) is 5.32 Å². The SMILES string of the molecule is O=C(COC(=O)CSCc1ccccc1Cl)Nc1ccc2c(c1)OCCO2. The van der Waals surface area contributed by atoms with Crippen molar-refractivity contribution in [2.75, 3.05) is 30.9 Å². The first-order valence-corrected chi connectivity index (χ1v) is 9.81. The van der Waals surface area contributed by atoms with Gasteiger partial charge in [-0.2, -0.15) is 0 Å². The second-order valence-corrected chi connectivity index (χ2v) is 7.04. The Hall–Kier alpha value is -2.38. The van der Waals surface area contributed by atoms with Gasteiger partial charge in [0.15, 0.2) is 18.1 Å². The van der Waals surface area contributed by atoms with Crippen LogP contribution in [0, 0.1) is 0 Å². The fraction of sp³-hybridized carbons (Fsp3) is 0.263. The average molecular weight is 408 g/mol. The number of hydrogen-bond donors (Lipinski definition) is 1. The molecule has 0 saturated carbocycles. The normalized spacial score (nSPS) is 12.3. The van der Waals surface area contributed by atoms with Gasteiger partial charge in [0.05, 0.1) is 5.75 Å². The quantitative estimate of drug-likeness (QED) is 0.708. The van der Waals surface area contributed by atoms with E-state index in [1.165, 1.54) is 11.8 Å². The van der Waals surface area contributed by atoms with E-state index in [-0.39, 0.29) is 12.4 Å². The van der Waals surface area contributed by atoms with Crippen molar-refractivity contribution in [2.45, 2.75) is 5.75 Å². The smallest absolute Gasteiger partial charge is 0.316 e. The molecule has 1 aliphatic heterocycles. The Balaban J connectivity index is 1.38. The van der Waals surface area contributed by atoms with E-state index in [4.69, 9.17) is 25.8 Å². The summed E-state index contributed by atoms with van der Waals surface area (Å²) < 4.78 is 15.9. The van der Waals surface area contributed by atoms with Crippen LogP contribution in [0.5, 0.6) is 11.5 Å². The minimum atomic E-state index is -0.454. The van der Waals surface area contributed by atoms with Gasteiger partial charge in [0.1, 0.15) is 13.2 Å². The molecular formula is C19H18ClNO5S. The number of hydrogen-bond acceptors (Lipinski definition) is 6. The summed E-state index contributed by atoms with van der Waals surface area (Å²) in [7, 11) is 0. The van der Waals surface area contributed by atoms with Gasteiger partial charge in [-0.15, -0.1) is 11.8 Å². The number of thioether (sulfide) groups is 1. The summed E-state index contributed by atoms with van der Waals surface area (Å²) in [6.07, 6.45) is 0. The first kappa shape index (κ1) is 19.4. The number of carbonyl (C=O) groups excluding carboxylic acids is 2. The predicted octanol–water partition coefficient (Wildman–Crippen LogP) is 3.53. The van der Waals surface area contributed by atoms with Crippen molar-refractivity contribution < 1.29 is 23.8 Å². The maximum absolute atomic E-state index is 11.9. The zero-order valence-electron chi connectivity index (χ0n) is 14.4. The minimum Gasteiger partial charge on any atom is -0.486 e. The van der Waals surface area contributed by atoms with Crippen LogP contribution in [-0.4, -0.2) is 37.4 Å². The summed E-state index contributed by atoms with van der Waals surface area (Å²) >= 11 is 7.44. The van der Waals surface area contributed by atoms with Gasteiger partial charge in [-0.05, 0) is 23.8 Å². The van der Waals surface area contributed by atoms with E-state index in [0.717, 1.165) is 5.56 Å². The van der Waals surface area contributed by atoms with Crippen molar-refractivity contribution in [1.29, 1.82) is 0 Å². The van der Waals surface area contributed by atoms with Crippen LogP contribution in [0.25, 0.3) is 0 Å². The largest absolute Gasteiger partial charge is 0.486 e. The highest BCUT2D eigenvalue weighted by atomic mass is 35.5. The maximum atomic E-state index is 11.9. The van der Waals surface area contributed by atoms with Gasteiger partial charge in [0, 0.05) is 22.5 Å². The van der Waals surface area contributed by atoms with Crippen LogP contribution in [0.3, 0.4) is 0 Å². The van der Waals surface area contributed by atoms with Crippen LogP contribution in [0.1, 0.15) is 5.56 Å². The Morgan fingerprint density at radius 3 is 2.70 bits per heavy atom.